The first kappa shape index (κ1) is 11.2. The normalized spacial score (nSPS) is 26.1. The molecule has 2 nitrogen and oxygen atoms in total. The first-order chi connectivity index (χ1) is 8.40. The number of hydrogen-bond donors (Lipinski definition) is 1. The minimum Gasteiger partial charge on any atom is -0.329 e. The van der Waals surface area contributed by atoms with E-state index < -0.39 is 0 Å². The Morgan fingerprint density at radius 3 is 2.65 bits per heavy atom. The Morgan fingerprint density at radius 1 is 1.12 bits per heavy atom. The van der Waals surface area contributed by atoms with Gasteiger partial charge in [-0.25, -0.2) is 0 Å². The Hall–Kier alpha value is -0.860. The molecule has 1 aromatic carbocycles. The summed E-state index contributed by atoms with van der Waals surface area (Å²) in [6.07, 6.45) is 6.95. The molecule has 1 unspecified atom stereocenters. The largest absolute Gasteiger partial charge is 0.329 e. The summed E-state index contributed by atoms with van der Waals surface area (Å²) >= 11 is 0. The van der Waals surface area contributed by atoms with Gasteiger partial charge in [0.2, 0.25) is 0 Å². The second-order valence-electron chi connectivity index (χ2n) is 5.41. The fourth-order valence-electron chi connectivity index (χ4n) is 3.55. The molecule has 1 aliphatic carbocycles. The molecule has 1 atom stereocenters. The van der Waals surface area contributed by atoms with Crippen molar-refractivity contribution in [2.24, 2.45) is 5.73 Å². The van der Waals surface area contributed by atoms with E-state index in [-0.39, 0.29) is 0 Å². The average Bonchev–Trinajstić information content (AvgIpc) is 2.78. The topological polar surface area (TPSA) is 29.3 Å². The SMILES string of the molecule is NCC1c2ccccc2CN1C1CCCCC1. The van der Waals surface area contributed by atoms with Crippen molar-refractivity contribution in [3.63, 3.8) is 0 Å². The van der Waals surface area contributed by atoms with Gasteiger partial charge in [0, 0.05) is 25.2 Å². The summed E-state index contributed by atoms with van der Waals surface area (Å²) in [6, 6.07) is 10.1. The molecule has 0 spiro atoms. The molecule has 17 heavy (non-hydrogen) atoms. The predicted octanol–water partition coefficient (Wildman–Crippen LogP) is 2.83. The Kier molecular flexibility index (Phi) is 3.17. The van der Waals surface area contributed by atoms with Crippen LogP contribution in [-0.2, 0) is 6.54 Å². The third-order valence-electron chi connectivity index (χ3n) is 4.43. The molecule has 1 fully saturated rings. The zero-order chi connectivity index (χ0) is 11.7. The van der Waals surface area contributed by atoms with Crippen molar-refractivity contribution in [2.75, 3.05) is 6.54 Å². The Bertz CT molecular complexity index is 382. The molecule has 1 aromatic rings. The van der Waals surface area contributed by atoms with Crippen molar-refractivity contribution in [1.29, 1.82) is 0 Å². The molecular weight excluding hydrogens is 208 g/mol. The maximum Gasteiger partial charge on any atom is 0.0480 e. The van der Waals surface area contributed by atoms with Crippen molar-refractivity contribution in [1.82, 2.24) is 4.90 Å². The van der Waals surface area contributed by atoms with Gasteiger partial charge in [-0.3, -0.25) is 4.90 Å². The molecule has 92 valence electrons. The molecule has 3 rings (SSSR count). The molecule has 2 heteroatoms. The van der Waals surface area contributed by atoms with Crippen molar-refractivity contribution in [2.45, 2.75) is 50.7 Å². The molecule has 0 saturated heterocycles. The lowest BCUT2D eigenvalue weighted by Crippen LogP contribution is -2.38. The molecule has 0 bridgehead atoms. The standard InChI is InChI=1S/C15H22N2/c16-10-15-14-9-5-4-6-12(14)11-17(15)13-7-2-1-3-8-13/h4-6,9,13,15H,1-3,7-8,10-11,16H2. The summed E-state index contributed by atoms with van der Waals surface area (Å²) in [5.74, 6) is 0. The highest BCUT2D eigenvalue weighted by Gasteiger charge is 2.33. The van der Waals surface area contributed by atoms with Gasteiger partial charge in [-0.1, -0.05) is 43.5 Å². The summed E-state index contributed by atoms with van der Waals surface area (Å²) in [5.41, 5.74) is 8.97. The van der Waals surface area contributed by atoms with Crippen molar-refractivity contribution in [3.8, 4) is 0 Å². The smallest absolute Gasteiger partial charge is 0.0480 e. The summed E-state index contributed by atoms with van der Waals surface area (Å²) in [6.45, 7) is 1.87. The molecule has 0 aromatic heterocycles. The van der Waals surface area contributed by atoms with Gasteiger partial charge in [0.25, 0.3) is 0 Å². The van der Waals surface area contributed by atoms with E-state index in [4.69, 9.17) is 5.73 Å². The molecule has 2 aliphatic rings. The van der Waals surface area contributed by atoms with Gasteiger partial charge in [-0.05, 0) is 24.0 Å². The lowest BCUT2D eigenvalue weighted by Gasteiger charge is -2.35. The van der Waals surface area contributed by atoms with Crippen LogP contribution >= 0.6 is 0 Å². The van der Waals surface area contributed by atoms with Gasteiger partial charge in [0.05, 0.1) is 0 Å². The van der Waals surface area contributed by atoms with Crippen molar-refractivity contribution < 1.29 is 0 Å². The monoisotopic (exact) mass is 230 g/mol. The van der Waals surface area contributed by atoms with Crippen LogP contribution in [0.3, 0.4) is 0 Å². The van der Waals surface area contributed by atoms with Crippen molar-refractivity contribution >= 4 is 0 Å². The molecule has 0 amide bonds. The van der Waals surface area contributed by atoms with E-state index in [0.29, 0.717) is 6.04 Å². The van der Waals surface area contributed by atoms with Crippen LogP contribution in [0.1, 0.15) is 49.3 Å². The van der Waals surface area contributed by atoms with Gasteiger partial charge in [0.15, 0.2) is 0 Å². The van der Waals surface area contributed by atoms with E-state index in [1.807, 2.05) is 0 Å². The lowest BCUT2D eigenvalue weighted by molar-refractivity contribution is 0.117. The van der Waals surface area contributed by atoms with E-state index >= 15 is 0 Å². The highest BCUT2D eigenvalue weighted by Crippen LogP contribution is 2.37. The van der Waals surface area contributed by atoms with E-state index in [2.05, 4.69) is 29.2 Å². The fraction of sp³-hybridized carbons (Fsp3) is 0.600. The second kappa shape index (κ2) is 4.79. The minimum absolute atomic E-state index is 0.467. The summed E-state index contributed by atoms with van der Waals surface area (Å²) in [4.78, 5) is 2.66. The Balaban J connectivity index is 1.83. The first-order valence-corrected chi connectivity index (χ1v) is 6.94. The number of benzene rings is 1. The molecular formula is C15H22N2. The third-order valence-corrected chi connectivity index (χ3v) is 4.43. The zero-order valence-corrected chi connectivity index (χ0v) is 10.4. The number of nitrogens with two attached hydrogens (primary N) is 1. The van der Waals surface area contributed by atoms with Gasteiger partial charge in [0.1, 0.15) is 0 Å². The van der Waals surface area contributed by atoms with Crippen LogP contribution in [0.5, 0.6) is 0 Å². The van der Waals surface area contributed by atoms with Gasteiger partial charge in [-0.15, -0.1) is 0 Å². The molecule has 1 heterocycles. The van der Waals surface area contributed by atoms with Gasteiger partial charge < -0.3 is 5.73 Å². The number of rotatable bonds is 2. The van der Waals surface area contributed by atoms with Crippen LogP contribution in [0, 0.1) is 0 Å². The van der Waals surface area contributed by atoms with E-state index in [9.17, 15) is 0 Å². The van der Waals surface area contributed by atoms with E-state index in [0.717, 1.165) is 19.1 Å². The van der Waals surface area contributed by atoms with Crippen LogP contribution in [0.25, 0.3) is 0 Å². The maximum absolute atomic E-state index is 6.00. The number of fused-ring (bicyclic) bond motifs is 1. The molecule has 1 aliphatic heterocycles. The molecule has 0 radical (unpaired) electrons. The van der Waals surface area contributed by atoms with Gasteiger partial charge in [-0.2, -0.15) is 0 Å². The molecule has 2 N–H and O–H groups in total. The van der Waals surface area contributed by atoms with Crippen LogP contribution in [0.4, 0.5) is 0 Å². The molecule has 1 saturated carbocycles. The fourth-order valence-corrected chi connectivity index (χ4v) is 3.55. The quantitative estimate of drug-likeness (QED) is 0.846. The number of hydrogen-bond acceptors (Lipinski definition) is 2. The van der Waals surface area contributed by atoms with Crippen LogP contribution < -0.4 is 5.73 Å². The van der Waals surface area contributed by atoms with Crippen LogP contribution in [0.2, 0.25) is 0 Å². The summed E-state index contributed by atoms with van der Waals surface area (Å²) in [7, 11) is 0. The summed E-state index contributed by atoms with van der Waals surface area (Å²) in [5, 5.41) is 0. The van der Waals surface area contributed by atoms with Crippen molar-refractivity contribution in [3.05, 3.63) is 35.4 Å². The lowest BCUT2D eigenvalue weighted by atomic mass is 9.93. The van der Waals surface area contributed by atoms with Crippen LogP contribution in [-0.4, -0.2) is 17.5 Å². The van der Waals surface area contributed by atoms with Gasteiger partial charge >= 0.3 is 0 Å². The maximum atomic E-state index is 6.00. The predicted molar refractivity (Wildman–Crippen MR) is 70.7 cm³/mol. The Labute approximate surface area is 104 Å². The average molecular weight is 230 g/mol. The highest BCUT2D eigenvalue weighted by atomic mass is 15.2. The zero-order valence-electron chi connectivity index (χ0n) is 10.4. The van der Waals surface area contributed by atoms with E-state index in [1.54, 1.807) is 0 Å². The number of nitrogens with zero attached hydrogens (tertiary/aromatic N) is 1. The summed E-state index contributed by atoms with van der Waals surface area (Å²) < 4.78 is 0. The van der Waals surface area contributed by atoms with E-state index in [1.165, 1.54) is 43.2 Å². The van der Waals surface area contributed by atoms with Crippen LogP contribution in [0.15, 0.2) is 24.3 Å². The highest BCUT2D eigenvalue weighted by molar-refractivity contribution is 5.34. The minimum atomic E-state index is 0.467. The second-order valence-corrected chi connectivity index (χ2v) is 5.41. The first-order valence-electron chi connectivity index (χ1n) is 6.94. The third kappa shape index (κ3) is 2.00. The Morgan fingerprint density at radius 2 is 1.88 bits per heavy atom.